The predicted molar refractivity (Wildman–Crippen MR) is 185 cm³/mol. The van der Waals surface area contributed by atoms with Crippen molar-refractivity contribution in [3.05, 3.63) is 142 Å². The molecule has 9 nitrogen and oxygen atoms in total. The molecule has 0 saturated carbocycles. The fraction of sp³-hybridized carbons (Fsp3) is 0.108. The molecule has 47 heavy (non-hydrogen) atoms. The zero-order chi connectivity index (χ0) is 32.5. The van der Waals surface area contributed by atoms with Crippen molar-refractivity contribution in [3.63, 3.8) is 0 Å². The van der Waals surface area contributed by atoms with Gasteiger partial charge in [-0.2, -0.15) is 0 Å². The lowest BCUT2D eigenvalue weighted by atomic mass is 10.1. The van der Waals surface area contributed by atoms with Gasteiger partial charge in [0.25, 0.3) is 11.5 Å². The number of aromatic nitrogens is 4. The van der Waals surface area contributed by atoms with Crippen LogP contribution in [0.3, 0.4) is 0 Å². The second-order valence-electron chi connectivity index (χ2n) is 11.1. The number of pyridine rings is 2. The highest BCUT2D eigenvalue weighted by atomic mass is 32.1. The minimum Gasteiger partial charge on any atom is -0.497 e. The van der Waals surface area contributed by atoms with Crippen molar-refractivity contribution in [2.24, 2.45) is 0 Å². The standard InChI is InChI=1S/C37H30N6O3S/c1-23-11-13-25(14-12-23)31-36(41-34(44)26-15-17-27(46-2)18-16-26)47-35(40-31)28-22-29-33(39-30-10-6-7-20-42(30)37(29)45)43(32(28)38)21-19-24-8-4-3-5-9-24/h3-18,20,22,38H,19,21H2,1-2H3,(H,41,44). The fourth-order valence-corrected chi connectivity index (χ4v) is 6.50. The van der Waals surface area contributed by atoms with Crippen LogP contribution in [0.25, 0.3) is 38.5 Å². The molecular formula is C37H30N6O3S. The number of ether oxygens (including phenoxy) is 1. The first-order valence-corrected chi connectivity index (χ1v) is 15.9. The SMILES string of the molecule is COc1ccc(C(=O)Nc2sc(-c3cc4c(=O)n5ccccc5nc4n(CCc4ccccc4)c3=N)nc2-c2ccc(C)cc2)cc1. The van der Waals surface area contributed by atoms with Crippen LogP contribution < -0.4 is 21.1 Å². The second kappa shape index (κ2) is 12.5. The van der Waals surface area contributed by atoms with Crippen molar-refractivity contribution in [3.8, 4) is 27.6 Å². The molecule has 3 aromatic carbocycles. The van der Waals surface area contributed by atoms with Crippen LogP contribution in [-0.2, 0) is 13.0 Å². The Morgan fingerprint density at radius 1 is 0.936 bits per heavy atom. The zero-order valence-electron chi connectivity index (χ0n) is 25.7. The Kier molecular flexibility index (Phi) is 7.93. The number of hydrogen-bond acceptors (Lipinski definition) is 7. The van der Waals surface area contributed by atoms with E-state index in [1.807, 2.05) is 67.6 Å². The topological polar surface area (TPSA) is 114 Å². The number of methoxy groups -OCH3 is 1. The summed E-state index contributed by atoms with van der Waals surface area (Å²) in [5.74, 6) is 0.354. The Morgan fingerprint density at radius 2 is 1.68 bits per heavy atom. The molecule has 7 aromatic rings. The van der Waals surface area contributed by atoms with E-state index in [4.69, 9.17) is 14.7 Å². The molecule has 0 aliphatic rings. The number of thiazole rings is 1. The molecule has 0 radical (unpaired) electrons. The van der Waals surface area contributed by atoms with Crippen molar-refractivity contribution in [1.29, 1.82) is 5.41 Å². The summed E-state index contributed by atoms with van der Waals surface area (Å²) in [6, 6.07) is 31.9. The number of anilines is 1. The monoisotopic (exact) mass is 638 g/mol. The third-order valence-corrected chi connectivity index (χ3v) is 9.05. The van der Waals surface area contributed by atoms with Crippen molar-refractivity contribution < 1.29 is 9.53 Å². The van der Waals surface area contributed by atoms with Crippen LogP contribution in [0.1, 0.15) is 21.5 Å². The van der Waals surface area contributed by atoms with Crippen LogP contribution >= 0.6 is 11.3 Å². The van der Waals surface area contributed by atoms with Gasteiger partial charge in [0.15, 0.2) is 0 Å². The molecule has 0 atom stereocenters. The number of aryl methyl sites for hydroxylation is 3. The van der Waals surface area contributed by atoms with Gasteiger partial charge < -0.3 is 14.6 Å². The van der Waals surface area contributed by atoms with Gasteiger partial charge in [0, 0.05) is 23.9 Å². The second-order valence-corrected chi connectivity index (χ2v) is 12.1. The molecular weight excluding hydrogens is 609 g/mol. The molecule has 2 N–H and O–H groups in total. The lowest BCUT2D eigenvalue weighted by Gasteiger charge is -2.14. The lowest BCUT2D eigenvalue weighted by Crippen LogP contribution is -2.27. The summed E-state index contributed by atoms with van der Waals surface area (Å²) in [4.78, 5) is 37.1. The molecule has 0 fully saturated rings. The number of nitrogens with zero attached hydrogens (tertiary/aromatic N) is 4. The largest absolute Gasteiger partial charge is 0.497 e. The van der Waals surface area contributed by atoms with Gasteiger partial charge in [-0.3, -0.25) is 19.4 Å². The molecule has 4 aromatic heterocycles. The average Bonchev–Trinajstić information content (AvgIpc) is 3.52. The fourth-order valence-electron chi connectivity index (χ4n) is 5.50. The van der Waals surface area contributed by atoms with Crippen LogP contribution in [0.5, 0.6) is 5.75 Å². The summed E-state index contributed by atoms with van der Waals surface area (Å²) in [6.45, 7) is 2.44. The van der Waals surface area contributed by atoms with Crippen LogP contribution in [0, 0.1) is 12.3 Å². The lowest BCUT2D eigenvalue weighted by molar-refractivity contribution is 0.102. The highest BCUT2D eigenvalue weighted by Crippen LogP contribution is 2.38. The molecule has 1 amide bonds. The van der Waals surface area contributed by atoms with E-state index < -0.39 is 0 Å². The normalized spacial score (nSPS) is 11.2. The summed E-state index contributed by atoms with van der Waals surface area (Å²) in [7, 11) is 1.58. The van der Waals surface area contributed by atoms with Gasteiger partial charge in [-0.05, 0) is 61.4 Å². The molecule has 0 spiro atoms. The number of nitrogens with one attached hydrogen (secondary N) is 2. The molecule has 4 heterocycles. The maximum absolute atomic E-state index is 13.8. The Balaban J connectivity index is 1.39. The third kappa shape index (κ3) is 5.82. The zero-order valence-corrected chi connectivity index (χ0v) is 26.5. The van der Waals surface area contributed by atoms with E-state index in [-0.39, 0.29) is 17.0 Å². The molecule has 0 aliphatic heterocycles. The van der Waals surface area contributed by atoms with E-state index in [9.17, 15) is 15.0 Å². The summed E-state index contributed by atoms with van der Waals surface area (Å²) in [5.41, 5.74) is 5.43. The van der Waals surface area contributed by atoms with E-state index >= 15 is 0 Å². The van der Waals surface area contributed by atoms with Crippen LogP contribution in [0.4, 0.5) is 5.00 Å². The van der Waals surface area contributed by atoms with Crippen molar-refractivity contribution in [2.75, 3.05) is 12.4 Å². The number of amides is 1. The molecule has 0 saturated heterocycles. The van der Waals surface area contributed by atoms with Gasteiger partial charge in [-0.15, -0.1) is 0 Å². The third-order valence-electron chi connectivity index (χ3n) is 8.05. The van der Waals surface area contributed by atoms with E-state index in [1.54, 1.807) is 60.3 Å². The molecule has 0 unspecified atom stereocenters. The maximum atomic E-state index is 13.8. The Hall–Kier alpha value is -5.87. The number of carbonyl (C=O) groups excluding carboxylic acids is 1. The number of benzene rings is 3. The average molecular weight is 639 g/mol. The number of rotatable bonds is 8. The minimum absolute atomic E-state index is 0.179. The van der Waals surface area contributed by atoms with Crippen molar-refractivity contribution in [1.82, 2.24) is 18.9 Å². The van der Waals surface area contributed by atoms with Crippen LogP contribution in [-0.4, -0.2) is 32.0 Å². The van der Waals surface area contributed by atoms with Gasteiger partial charge in [0.1, 0.15) is 38.2 Å². The van der Waals surface area contributed by atoms with Gasteiger partial charge in [-0.25, -0.2) is 9.97 Å². The molecule has 0 aliphatic carbocycles. The summed E-state index contributed by atoms with van der Waals surface area (Å²) >= 11 is 1.27. The highest BCUT2D eigenvalue weighted by Gasteiger charge is 2.21. The van der Waals surface area contributed by atoms with Gasteiger partial charge in [-0.1, -0.05) is 77.6 Å². The Labute approximate surface area is 273 Å². The van der Waals surface area contributed by atoms with Gasteiger partial charge in [0.2, 0.25) is 0 Å². The first-order valence-electron chi connectivity index (χ1n) is 15.1. The molecule has 10 heteroatoms. The van der Waals surface area contributed by atoms with Crippen LogP contribution in [0.2, 0.25) is 0 Å². The number of fused-ring (bicyclic) bond motifs is 2. The Bertz CT molecular complexity index is 2380. The minimum atomic E-state index is -0.298. The van der Waals surface area contributed by atoms with E-state index in [2.05, 4.69) is 5.32 Å². The summed E-state index contributed by atoms with van der Waals surface area (Å²) in [5, 5.41) is 13.9. The maximum Gasteiger partial charge on any atom is 0.267 e. The van der Waals surface area contributed by atoms with E-state index in [0.29, 0.717) is 62.2 Å². The molecule has 0 bridgehead atoms. The molecule has 232 valence electrons. The Morgan fingerprint density at radius 3 is 2.43 bits per heavy atom. The summed E-state index contributed by atoms with van der Waals surface area (Å²) < 4.78 is 8.54. The van der Waals surface area contributed by atoms with E-state index in [0.717, 1.165) is 16.7 Å². The quantitative estimate of drug-likeness (QED) is 0.179. The smallest absolute Gasteiger partial charge is 0.267 e. The van der Waals surface area contributed by atoms with Crippen molar-refractivity contribution >= 4 is 38.9 Å². The van der Waals surface area contributed by atoms with Gasteiger partial charge in [0.05, 0.1) is 18.1 Å². The van der Waals surface area contributed by atoms with Crippen molar-refractivity contribution in [2.45, 2.75) is 19.9 Å². The first-order chi connectivity index (χ1) is 22.9. The van der Waals surface area contributed by atoms with Gasteiger partial charge >= 0.3 is 0 Å². The summed E-state index contributed by atoms with van der Waals surface area (Å²) in [6.07, 6.45) is 2.33. The highest BCUT2D eigenvalue weighted by molar-refractivity contribution is 7.19. The molecule has 7 rings (SSSR count). The number of hydrogen-bond donors (Lipinski definition) is 2. The van der Waals surface area contributed by atoms with Crippen LogP contribution in [0.15, 0.2) is 114 Å². The predicted octanol–water partition coefficient (Wildman–Crippen LogP) is 6.73. The first kappa shape index (κ1) is 29.8. The number of carbonyl (C=O) groups is 1. The van der Waals surface area contributed by atoms with E-state index in [1.165, 1.54) is 15.7 Å².